The van der Waals surface area contributed by atoms with Gasteiger partial charge in [0.15, 0.2) is 0 Å². The van der Waals surface area contributed by atoms with Gasteiger partial charge in [0.25, 0.3) is 0 Å². The largest absolute Gasteiger partial charge is 0.389 e. The Kier molecular flexibility index (Phi) is 4.35. The topological polar surface area (TPSA) is 45.2 Å². The van der Waals surface area contributed by atoms with Crippen LogP contribution in [0.5, 0.6) is 0 Å². The standard InChI is InChI=1S/C9H16N2OS/c1-7(2)3-10-4-8-5-11-9(6-12)13-8/h5,7,10,12H,3-4,6H2,1-2H3. The fraction of sp³-hybridized carbons (Fsp3) is 0.667. The first-order valence-electron chi connectivity index (χ1n) is 4.47. The molecule has 0 unspecified atom stereocenters. The Morgan fingerprint density at radius 2 is 2.38 bits per heavy atom. The van der Waals surface area contributed by atoms with Crippen LogP contribution in [-0.4, -0.2) is 16.6 Å². The summed E-state index contributed by atoms with van der Waals surface area (Å²) in [5.74, 6) is 0.672. The normalized spacial score (nSPS) is 11.1. The molecule has 3 nitrogen and oxygen atoms in total. The number of nitrogens with one attached hydrogen (secondary N) is 1. The number of hydrogen-bond donors (Lipinski definition) is 2. The number of aromatic nitrogens is 1. The van der Waals surface area contributed by atoms with Crippen LogP contribution in [-0.2, 0) is 13.2 Å². The van der Waals surface area contributed by atoms with E-state index in [1.165, 1.54) is 4.88 Å². The molecular formula is C9H16N2OS. The second-order valence-electron chi connectivity index (χ2n) is 3.40. The lowest BCUT2D eigenvalue weighted by Gasteiger charge is -2.04. The minimum absolute atomic E-state index is 0.0504. The Labute approximate surface area is 82.8 Å². The van der Waals surface area contributed by atoms with Gasteiger partial charge in [-0.1, -0.05) is 13.8 Å². The minimum atomic E-state index is 0.0504. The molecule has 0 bridgehead atoms. The number of hydrogen-bond acceptors (Lipinski definition) is 4. The molecule has 1 rings (SSSR count). The summed E-state index contributed by atoms with van der Waals surface area (Å²) in [6, 6.07) is 0. The molecule has 0 saturated heterocycles. The van der Waals surface area contributed by atoms with Crippen molar-refractivity contribution in [2.24, 2.45) is 5.92 Å². The van der Waals surface area contributed by atoms with E-state index in [-0.39, 0.29) is 6.61 Å². The van der Waals surface area contributed by atoms with E-state index in [0.717, 1.165) is 18.1 Å². The third-order valence-electron chi connectivity index (χ3n) is 1.59. The highest BCUT2D eigenvalue weighted by Crippen LogP contribution is 2.12. The third-order valence-corrected chi connectivity index (χ3v) is 2.57. The van der Waals surface area contributed by atoms with E-state index >= 15 is 0 Å². The molecule has 1 aromatic rings. The van der Waals surface area contributed by atoms with Gasteiger partial charge in [0.1, 0.15) is 5.01 Å². The van der Waals surface area contributed by atoms with Crippen LogP contribution in [0.1, 0.15) is 23.7 Å². The average Bonchev–Trinajstić information content (AvgIpc) is 2.52. The van der Waals surface area contributed by atoms with Crippen LogP contribution in [0.15, 0.2) is 6.20 Å². The van der Waals surface area contributed by atoms with Gasteiger partial charge in [-0.3, -0.25) is 0 Å². The van der Waals surface area contributed by atoms with Gasteiger partial charge in [-0.25, -0.2) is 4.98 Å². The van der Waals surface area contributed by atoms with Crippen molar-refractivity contribution in [3.8, 4) is 0 Å². The highest BCUT2D eigenvalue weighted by atomic mass is 32.1. The van der Waals surface area contributed by atoms with Crippen molar-refractivity contribution in [2.75, 3.05) is 6.54 Å². The highest BCUT2D eigenvalue weighted by molar-refractivity contribution is 7.11. The Morgan fingerprint density at radius 1 is 1.62 bits per heavy atom. The molecule has 0 atom stereocenters. The van der Waals surface area contributed by atoms with E-state index in [1.54, 1.807) is 11.3 Å². The summed E-state index contributed by atoms with van der Waals surface area (Å²) in [6.07, 6.45) is 1.82. The molecule has 0 saturated carbocycles. The fourth-order valence-electron chi connectivity index (χ4n) is 0.987. The number of thiazole rings is 1. The zero-order valence-corrected chi connectivity index (χ0v) is 8.90. The average molecular weight is 200 g/mol. The highest BCUT2D eigenvalue weighted by Gasteiger charge is 2.00. The van der Waals surface area contributed by atoms with Crippen molar-refractivity contribution >= 4 is 11.3 Å². The Morgan fingerprint density at radius 3 is 2.92 bits per heavy atom. The van der Waals surface area contributed by atoms with Crippen molar-refractivity contribution in [2.45, 2.75) is 27.0 Å². The summed E-state index contributed by atoms with van der Waals surface area (Å²) >= 11 is 1.56. The molecule has 0 amide bonds. The lowest BCUT2D eigenvalue weighted by Crippen LogP contribution is -2.18. The van der Waals surface area contributed by atoms with Gasteiger partial charge in [0.05, 0.1) is 6.61 Å². The smallest absolute Gasteiger partial charge is 0.118 e. The van der Waals surface area contributed by atoms with Crippen molar-refractivity contribution < 1.29 is 5.11 Å². The quantitative estimate of drug-likeness (QED) is 0.755. The van der Waals surface area contributed by atoms with Gasteiger partial charge in [-0.2, -0.15) is 0 Å². The van der Waals surface area contributed by atoms with Crippen LogP contribution in [0, 0.1) is 5.92 Å². The van der Waals surface area contributed by atoms with E-state index < -0.39 is 0 Å². The van der Waals surface area contributed by atoms with Crippen molar-refractivity contribution in [1.82, 2.24) is 10.3 Å². The van der Waals surface area contributed by atoms with E-state index in [9.17, 15) is 0 Å². The van der Waals surface area contributed by atoms with Gasteiger partial charge in [-0.05, 0) is 12.5 Å². The summed E-state index contributed by atoms with van der Waals surface area (Å²) < 4.78 is 0. The monoisotopic (exact) mass is 200 g/mol. The molecule has 1 aromatic heterocycles. The van der Waals surface area contributed by atoms with Crippen LogP contribution in [0.4, 0.5) is 0 Å². The van der Waals surface area contributed by atoms with Gasteiger partial charge in [0, 0.05) is 17.6 Å². The number of aliphatic hydroxyl groups is 1. The Bertz CT molecular complexity index is 248. The maximum absolute atomic E-state index is 8.79. The van der Waals surface area contributed by atoms with Gasteiger partial charge in [0.2, 0.25) is 0 Å². The summed E-state index contributed by atoms with van der Waals surface area (Å²) in [5, 5.41) is 12.9. The molecule has 0 fully saturated rings. The number of rotatable bonds is 5. The van der Waals surface area contributed by atoms with Crippen molar-refractivity contribution in [3.05, 3.63) is 16.1 Å². The van der Waals surface area contributed by atoms with Gasteiger partial charge < -0.3 is 10.4 Å². The first-order chi connectivity index (χ1) is 6.22. The molecular weight excluding hydrogens is 184 g/mol. The molecule has 0 spiro atoms. The van der Waals surface area contributed by atoms with Crippen LogP contribution in [0.3, 0.4) is 0 Å². The molecule has 0 aromatic carbocycles. The minimum Gasteiger partial charge on any atom is -0.389 e. The van der Waals surface area contributed by atoms with Crippen LogP contribution >= 0.6 is 11.3 Å². The zero-order valence-electron chi connectivity index (χ0n) is 8.08. The Hall–Kier alpha value is -0.450. The molecule has 2 N–H and O–H groups in total. The first kappa shape index (κ1) is 10.6. The molecule has 0 aliphatic heterocycles. The second kappa shape index (κ2) is 5.32. The van der Waals surface area contributed by atoms with E-state index in [0.29, 0.717) is 5.92 Å². The van der Waals surface area contributed by atoms with Crippen LogP contribution in [0.25, 0.3) is 0 Å². The third kappa shape index (κ3) is 3.85. The maximum Gasteiger partial charge on any atom is 0.118 e. The summed E-state index contributed by atoms with van der Waals surface area (Å²) in [5.41, 5.74) is 0. The lowest BCUT2D eigenvalue weighted by molar-refractivity contribution is 0.281. The lowest BCUT2D eigenvalue weighted by atomic mass is 10.2. The van der Waals surface area contributed by atoms with Gasteiger partial charge >= 0.3 is 0 Å². The maximum atomic E-state index is 8.79. The van der Waals surface area contributed by atoms with E-state index in [2.05, 4.69) is 24.1 Å². The molecule has 0 radical (unpaired) electrons. The SMILES string of the molecule is CC(C)CNCc1cnc(CO)s1. The fourth-order valence-corrected chi connectivity index (χ4v) is 1.74. The molecule has 13 heavy (non-hydrogen) atoms. The first-order valence-corrected chi connectivity index (χ1v) is 5.29. The van der Waals surface area contributed by atoms with E-state index in [4.69, 9.17) is 5.11 Å². The van der Waals surface area contributed by atoms with Crippen molar-refractivity contribution in [1.29, 1.82) is 0 Å². The van der Waals surface area contributed by atoms with Crippen LogP contribution in [0.2, 0.25) is 0 Å². The Balaban J connectivity index is 2.28. The molecule has 0 aliphatic carbocycles. The molecule has 0 aliphatic rings. The zero-order chi connectivity index (χ0) is 9.68. The van der Waals surface area contributed by atoms with E-state index in [1.807, 2.05) is 6.20 Å². The second-order valence-corrected chi connectivity index (χ2v) is 4.60. The summed E-state index contributed by atoms with van der Waals surface area (Å²) in [6.45, 7) is 6.29. The molecule has 1 heterocycles. The van der Waals surface area contributed by atoms with Crippen LogP contribution < -0.4 is 5.32 Å². The predicted molar refractivity (Wildman–Crippen MR) is 54.6 cm³/mol. The predicted octanol–water partition coefficient (Wildman–Crippen LogP) is 1.38. The molecule has 4 heteroatoms. The van der Waals surface area contributed by atoms with Crippen molar-refractivity contribution in [3.63, 3.8) is 0 Å². The van der Waals surface area contributed by atoms with Gasteiger partial charge in [-0.15, -0.1) is 11.3 Å². The number of aliphatic hydroxyl groups excluding tert-OH is 1. The molecule has 74 valence electrons. The summed E-state index contributed by atoms with van der Waals surface area (Å²) in [7, 11) is 0. The number of nitrogens with zero attached hydrogens (tertiary/aromatic N) is 1. The summed E-state index contributed by atoms with van der Waals surface area (Å²) in [4.78, 5) is 5.25.